The van der Waals surface area contributed by atoms with E-state index in [0.29, 0.717) is 11.9 Å². The largest absolute Gasteiger partial charge is 0.497 e. The van der Waals surface area contributed by atoms with Gasteiger partial charge in [0.25, 0.3) is 0 Å². The Morgan fingerprint density at radius 3 is 2.40 bits per heavy atom. The van der Waals surface area contributed by atoms with Crippen LogP contribution in [0.4, 0.5) is 4.79 Å². The topological polar surface area (TPSA) is 38.8 Å². The molecular weight excluding hydrogens is 334 g/mol. The second kappa shape index (κ2) is 8.81. The predicted octanol–water partition coefficient (Wildman–Crippen LogP) is 4.59. The van der Waals surface area contributed by atoms with Gasteiger partial charge in [0.2, 0.25) is 0 Å². The molecule has 0 aliphatic carbocycles. The zero-order valence-corrected chi connectivity index (χ0v) is 15.2. The monoisotopic (exact) mass is 357 g/mol. The third-order valence-corrected chi connectivity index (χ3v) is 5.62. The highest BCUT2D eigenvalue weighted by molar-refractivity contribution is 8.00. The van der Waals surface area contributed by atoms with Crippen LogP contribution in [0.5, 0.6) is 5.75 Å². The molecule has 1 aliphatic heterocycles. The van der Waals surface area contributed by atoms with E-state index in [1.54, 1.807) is 7.11 Å². The number of carbonyl (C=O) groups is 1. The molecule has 2 aromatic carbocycles. The molecule has 0 N–H and O–H groups in total. The summed E-state index contributed by atoms with van der Waals surface area (Å²) < 4.78 is 10.6. The van der Waals surface area contributed by atoms with Gasteiger partial charge < -0.3 is 14.4 Å². The van der Waals surface area contributed by atoms with Gasteiger partial charge in [-0.25, -0.2) is 4.79 Å². The number of hydrogen-bond donors (Lipinski definition) is 0. The van der Waals surface area contributed by atoms with E-state index in [4.69, 9.17) is 9.47 Å². The molecule has 132 valence electrons. The number of methoxy groups -OCH3 is 1. The molecule has 1 fully saturated rings. The summed E-state index contributed by atoms with van der Waals surface area (Å²) in [7, 11) is 1.68. The molecule has 3 rings (SSSR count). The molecule has 0 bridgehead atoms. The summed E-state index contributed by atoms with van der Waals surface area (Å²) in [5, 5.41) is 0.534. The molecule has 0 spiro atoms. The Morgan fingerprint density at radius 1 is 1.08 bits per heavy atom. The van der Waals surface area contributed by atoms with E-state index in [1.807, 2.05) is 59.1 Å². The maximum Gasteiger partial charge on any atom is 0.410 e. The Kier molecular flexibility index (Phi) is 6.23. The van der Waals surface area contributed by atoms with E-state index in [-0.39, 0.29) is 6.09 Å². The highest BCUT2D eigenvalue weighted by Crippen LogP contribution is 2.31. The Bertz CT molecular complexity index is 667. The number of benzene rings is 2. The van der Waals surface area contributed by atoms with Gasteiger partial charge in [0, 0.05) is 23.2 Å². The summed E-state index contributed by atoms with van der Waals surface area (Å²) in [5.41, 5.74) is 1.01. The molecular formula is C20H23NO3S. The average molecular weight is 357 g/mol. The van der Waals surface area contributed by atoms with Crippen molar-refractivity contribution < 1.29 is 14.3 Å². The molecule has 5 heteroatoms. The normalized spacial score (nSPS) is 15.0. The summed E-state index contributed by atoms with van der Waals surface area (Å²) in [6.07, 6.45) is 1.76. The van der Waals surface area contributed by atoms with Crippen molar-refractivity contribution in [1.29, 1.82) is 0 Å². The van der Waals surface area contributed by atoms with Gasteiger partial charge in [-0.1, -0.05) is 30.3 Å². The van der Waals surface area contributed by atoms with E-state index < -0.39 is 0 Å². The van der Waals surface area contributed by atoms with Gasteiger partial charge >= 0.3 is 6.09 Å². The standard InChI is InChI=1S/C20H23NO3S/c1-23-17-7-9-18(10-8-17)25-19-11-13-21(14-12-19)20(22)24-15-16-5-3-2-4-6-16/h2-10,19H,11-15H2,1H3. The van der Waals surface area contributed by atoms with E-state index >= 15 is 0 Å². The van der Waals surface area contributed by atoms with Crippen molar-refractivity contribution >= 4 is 17.9 Å². The molecule has 0 unspecified atom stereocenters. The number of piperidine rings is 1. The highest BCUT2D eigenvalue weighted by Gasteiger charge is 2.24. The lowest BCUT2D eigenvalue weighted by atomic mass is 10.1. The lowest BCUT2D eigenvalue weighted by Crippen LogP contribution is -2.39. The lowest BCUT2D eigenvalue weighted by molar-refractivity contribution is 0.0901. The van der Waals surface area contributed by atoms with Gasteiger partial charge in [-0.3, -0.25) is 0 Å². The zero-order chi connectivity index (χ0) is 17.5. The summed E-state index contributed by atoms with van der Waals surface area (Å²) in [4.78, 5) is 15.2. The lowest BCUT2D eigenvalue weighted by Gasteiger charge is -2.31. The van der Waals surface area contributed by atoms with Crippen molar-refractivity contribution in [3.05, 3.63) is 60.2 Å². The summed E-state index contributed by atoms with van der Waals surface area (Å²) in [5.74, 6) is 0.875. The molecule has 1 aliphatic rings. The van der Waals surface area contributed by atoms with Crippen LogP contribution in [-0.4, -0.2) is 36.4 Å². The van der Waals surface area contributed by atoms with Crippen LogP contribution >= 0.6 is 11.8 Å². The zero-order valence-electron chi connectivity index (χ0n) is 14.4. The number of carbonyl (C=O) groups excluding carboxylic acids is 1. The van der Waals surface area contributed by atoms with E-state index in [0.717, 1.165) is 37.2 Å². The third kappa shape index (κ3) is 5.16. The number of likely N-dealkylation sites (tertiary alicyclic amines) is 1. The molecule has 0 radical (unpaired) electrons. The molecule has 1 heterocycles. The molecule has 25 heavy (non-hydrogen) atoms. The van der Waals surface area contributed by atoms with Crippen LogP contribution in [0, 0.1) is 0 Å². The van der Waals surface area contributed by atoms with Crippen molar-refractivity contribution in [3.63, 3.8) is 0 Å². The van der Waals surface area contributed by atoms with Gasteiger partial charge in [-0.15, -0.1) is 11.8 Å². The minimum Gasteiger partial charge on any atom is -0.497 e. The van der Waals surface area contributed by atoms with Crippen molar-refractivity contribution in [2.45, 2.75) is 29.6 Å². The fraction of sp³-hybridized carbons (Fsp3) is 0.350. The first kappa shape index (κ1) is 17.7. The first-order valence-electron chi connectivity index (χ1n) is 8.51. The van der Waals surface area contributed by atoms with Crippen LogP contribution < -0.4 is 4.74 Å². The van der Waals surface area contributed by atoms with Crippen LogP contribution in [0.3, 0.4) is 0 Å². The highest BCUT2D eigenvalue weighted by atomic mass is 32.2. The van der Waals surface area contributed by atoms with Gasteiger partial charge in [0.15, 0.2) is 0 Å². The van der Waals surface area contributed by atoms with Gasteiger partial charge in [0.1, 0.15) is 12.4 Å². The predicted molar refractivity (Wildman–Crippen MR) is 100 cm³/mol. The second-order valence-corrected chi connectivity index (χ2v) is 7.39. The van der Waals surface area contributed by atoms with Crippen LogP contribution in [0.15, 0.2) is 59.5 Å². The van der Waals surface area contributed by atoms with E-state index in [2.05, 4.69) is 12.1 Å². The Hall–Kier alpha value is -2.14. The number of amides is 1. The molecule has 0 saturated carbocycles. The summed E-state index contributed by atoms with van der Waals surface area (Å²) in [6.45, 7) is 1.84. The van der Waals surface area contributed by atoms with Crippen molar-refractivity contribution in [2.75, 3.05) is 20.2 Å². The Balaban J connectivity index is 1.42. The number of hydrogen-bond acceptors (Lipinski definition) is 4. The number of thioether (sulfide) groups is 1. The van der Waals surface area contributed by atoms with Crippen molar-refractivity contribution in [2.24, 2.45) is 0 Å². The second-order valence-electron chi connectivity index (χ2n) is 6.02. The number of rotatable bonds is 5. The molecule has 1 saturated heterocycles. The van der Waals surface area contributed by atoms with Crippen LogP contribution in [0.2, 0.25) is 0 Å². The maximum atomic E-state index is 12.2. The maximum absolute atomic E-state index is 12.2. The quantitative estimate of drug-likeness (QED) is 0.785. The SMILES string of the molecule is COc1ccc(SC2CCN(C(=O)OCc3ccccc3)CC2)cc1. The molecule has 0 atom stereocenters. The smallest absolute Gasteiger partial charge is 0.410 e. The fourth-order valence-electron chi connectivity index (χ4n) is 2.81. The van der Waals surface area contributed by atoms with Crippen molar-refractivity contribution in [1.82, 2.24) is 4.90 Å². The van der Waals surface area contributed by atoms with Gasteiger partial charge in [0.05, 0.1) is 7.11 Å². The Labute approximate surface area is 153 Å². The van der Waals surface area contributed by atoms with Gasteiger partial charge in [-0.05, 0) is 42.7 Å². The summed E-state index contributed by atoms with van der Waals surface area (Å²) >= 11 is 1.87. The molecule has 1 amide bonds. The van der Waals surface area contributed by atoms with Crippen LogP contribution in [0.25, 0.3) is 0 Å². The van der Waals surface area contributed by atoms with E-state index in [1.165, 1.54) is 4.90 Å². The number of ether oxygens (including phenoxy) is 2. The average Bonchev–Trinajstić information content (AvgIpc) is 2.68. The first-order valence-corrected chi connectivity index (χ1v) is 9.39. The van der Waals surface area contributed by atoms with Gasteiger partial charge in [-0.2, -0.15) is 0 Å². The fourth-order valence-corrected chi connectivity index (χ4v) is 3.94. The van der Waals surface area contributed by atoms with Crippen LogP contribution in [0.1, 0.15) is 18.4 Å². The third-order valence-electron chi connectivity index (χ3n) is 4.27. The molecule has 2 aromatic rings. The van der Waals surface area contributed by atoms with E-state index in [9.17, 15) is 4.79 Å². The van der Waals surface area contributed by atoms with Crippen LogP contribution in [-0.2, 0) is 11.3 Å². The molecule has 4 nitrogen and oxygen atoms in total. The van der Waals surface area contributed by atoms with Crippen molar-refractivity contribution in [3.8, 4) is 5.75 Å². The minimum atomic E-state index is -0.211. The number of nitrogens with zero attached hydrogens (tertiary/aromatic N) is 1. The molecule has 0 aromatic heterocycles. The first-order chi connectivity index (χ1) is 12.2. The Morgan fingerprint density at radius 2 is 1.76 bits per heavy atom. The summed E-state index contributed by atoms with van der Waals surface area (Å²) in [6, 6.07) is 17.9. The minimum absolute atomic E-state index is 0.211.